The van der Waals surface area contributed by atoms with E-state index in [4.69, 9.17) is 9.73 Å². The molecule has 4 heteroatoms. The summed E-state index contributed by atoms with van der Waals surface area (Å²) < 4.78 is 7.15. The highest BCUT2D eigenvalue weighted by Crippen LogP contribution is 2.34. The number of ether oxygens (including phenoxy) is 1. The maximum absolute atomic E-state index is 11.9. The van der Waals surface area contributed by atoms with E-state index < -0.39 is 0 Å². The van der Waals surface area contributed by atoms with Gasteiger partial charge in [0.05, 0.1) is 29.8 Å². The Hall–Kier alpha value is -2.88. The van der Waals surface area contributed by atoms with Crippen molar-refractivity contribution in [1.29, 1.82) is 0 Å². The highest BCUT2D eigenvalue weighted by molar-refractivity contribution is 6.09. The van der Waals surface area contributed by atoms with Crippen LogP contribution in [0.4, 0.5) is 5.69 Å². The Kier molecular flexibility index (Phi) is 3.68. The number of benzene rings is 2. The number of rotatable bonds is 3. The van der Waals surface area contributed by atoms with Crippen LogP contribution in [0.3, 0.4) is 0 Å². The number of fused-ring (bicyclic) bond motifs is 2. The van der Waals surface area contributed by atoms with E-state index in [0.29, 0.717) is 5.56 Å². The van der Waals surface area contributed by atoms with Crippen molar-refractivity contribution in [3.63, 3.8) is 0 Å². The quantitative estimate of drug-likeness (QED) is 0.666. The number of hydrogen-bond acceptors (Lipinski definition) is 3. The number of nitrogens with zero attached hydrogens (tertiary/aromatic N) is 2. The van der Waals surface area contributed by atoms with Crippen molar-refractivity contribution in [2.75, 3.05) is 7.11 Å². The monoisotopic (exact) mass is 332 g/mol. The lowest BCUT2D eigenvalue weighted by Gasteiger charge is -2.08. The summed E-state index contributed by atoms with van der Waals surface area (Å²) in [4.78, 5) is 16.7. The van der Waals surface area contributed by atoms with Crippen LogP contribution >= 0.6 is 0 Å². The van der Waals surface area contributed by atoms with Gasteiger partial charge in [0.2, 0.25) is 0 Å². The van der Waals surface area contributed by atoms with Crippen molar-refractivity contribution >= 4 is 28.3 Å². The van der Waals surface area contributed by atoms with Gasteiger partial charge in [0.25, 0.3) is 0 Å². The molecular formula is C21H20N2O2. The third-order valence-electron chi connectivity index (χ3n) is 4.89. The zero-order chi connectivity index (χ0) is 17.6. The second-order valence-electron chi connectivity index (χ2n) is 6.35. The van der Waals surface area contributed by atoms with Gasteiger partial charge >= 0.3 is 5.97 Å². The number of esters is 1. The van der Waals surface area contributed by atoms with Gasteiger partial charge in [-0.25, -0.2) is 4.79 Å². The van der Waals surface area contributed by atoms with Crippen LogP contribution in [-0.2, 0) is 17.7 Å². The second kappa shape index (κ2) is 5.88. The van der Waals surface area contributed by atoms with E-state index in [1.165, 1.54) is 23.6 Å². The van der Waals surface area contributed by atoms with E-state index in [2.05, 4.69) is 41.8 Å². The van der Waals surface area contributed by atoms with E-state index >= 15 is 0 Å². The lowest BCUT2D eigenvalue weighted by molar-refractivity contribution is 0.0600. The van der Waals surface area contributed by atoms with Crippen molar-refractivity contribution < 1.29 is 9.53 Å². The molecule has 0 fully saturated rings. The van der Waals surface area contributed by atoms with Crippen LogP contribution in [-0.4, -0.2) is 23.4 Å². The van der Waals surface area contributed by atoms with E-state index in [-0.39, 0.29) is 5.97 Å². The zero-order valence-electron chi connectivity index (χ0n) is 14.7. The molecule has 4 rings (SSSR count). The molecule has 0 amide bonds. The Balaban J connectivity index is 1.83. The molecule has 0 radical (unpaired) electrons. The van der Waals surface area contributed by atoms with Gasteiger partial charge in [-0.2, -0.15) is 0 Å². The molecule has 3 aromatic rings. The third kappa shape index (κ3) is 2.45. The molecule has 0 saturated carbocycles. The second-order valence-corrected chi connectivity index (χ2v) is 6.35. The molecule has 0 saturated heterocycles. The fourth-order valence-corrected chi connectivity index (χ4v) is 3.65. The summed E-state index contributed by atoms with van der Waals surface area (Å²) in [5.41, 5.74) is 7.14. The smallest absolute Gasteiger partial charge is 0.337 e. The van der Waals surface area contributed by atoms with Crippen molar-refractivity contribution in [3.8, 4) is 0 Å². The van der Waals surface area contributed by atoms with Crippen LogP contribution in [0.25, 0.3) is 10.9 Å². The Morgan fingerprint density at radius 2 is 2.04 bits per heavy atom. The number of methoxy groups -OCH3 is 1. The molecule has 4 nitrogen and oxygen atoms in total. The summed E-state index contributed by atoms with van der Waals surface area (Å²) in [5, 5.41) is 1.23. The summed E-state index contributed by atoms with van der Waals surface area (Å²) >= 11 is 0. The number of hydrogen-bond donors (Lipinski definition) is 0. The minimum Gasteiger partial charge on any atom is -0.465 e. The number of carbonyl (C=O) groups is 1. The lowest BCUT2D eigenvalue weighted by Crippen LogP contribution is -2.09. The molecule has 0 unspecified atom stereocenters. The van der Waals surface area contributed by atoms with Crippen LogP contribution in [0, 0.1) is 6.92 Å². The fraction of sp³-hybridized carbons (Fsp3) is 0.238. The maximum atomic E-state index is 11.9. The van der Waals surface area contributed by atoms with E-state index in [0.717, 1.165) is 35.6 Å². The van der Waals surface area contributed by atoms with Crippen LogP contribution in [0.15, 0.2) is 47.5 Å². The molecule has 0 atom stereocenters. The van der Waals surface area contributed by atoms with E-state index in [1.54, 1.807) is 0 Å². The molecule has 0 aliphatic carbocycles. The standard InChI is InChI=1S/C21H20N2O2/c1-4-23-19-8-6-5-7-14(19)11-20(23)18-12-16-13(2)9-15(21(24)25-3)10-17(16)22-18/h5-11H,4,12H2,1-3H3. The first-order valence-electron chi connectivity index (χ1n) is 8.50. The summed E-state index contributed by atoms with van der Waals surface area (Å²) in [6, 6.07) is 14.3. The van der Waals surface area contributed by atoms with Gasteiger partial charge < -0.3 is 9.30 Å². The summed E-state index contributed by atoms with van der Waals surface area (Å²) in [6.07, 6.45) is 0.791. The zero-order valence-corrected chi connectivity index (χ0v) is 14.7. The van der Waals surface area contributed by atoms with Gasteiger partial charge in [-0.15, -0.1) is 0 Å². The maximum Gasteiger partial charge on any atom is 0.337 e. The first-order chi connectivity index (χ1) is 12.1. The Labute approximate surface area is 146 Å². The van der Waals surface area contributed by atoms with Gasteiger partial charge in [0.1, 0.15) is 0 Å². The largest absolute Gasteiger partial charge is 0.465 e. The molecule has 0 bridgehead atoms. The molecule has 2 heterocycles. The molecule has 0 spiro atoms. The average Bonchev–Trinajstić information content (AvgIpc) is 3.21. The van der Waals surface area contributed by atoms with Crippen molar-refractivity contribution in [1.82, 2.24) is 4.57 Å². The van der Waals surface area contributed by atoms with Crippen molar-refractivity contribution in [3.05, 3.63) is 64.8 Å². The van der Waals surface area contributed by atoms with Gasteiger partial charge in [-0.1, -0.05) is 18.2 Å². The summed E-state index contributed by atoms with van der Waals surface area (Å²) in [7, 11) is 1.40. The Morgan fingerprint density at radius 3 is 2.80 bits per heavy atom. The topological polar surface area (TPSA) is 43.6 Å². The van der Waals surface area contributed by atoms with Crippen LogP contribution in [0.2, 0.25) is 0 Å². The molecular weight excluding hydrogens is 312 g/mol. The molecule has 2 aromatic carbocycles. The predicted octanol–water partition coefficient (Wildman–Crippen LogP) is 4.43. The Bertz CT molecular complexity index is 1030. The first kappa shape index (κ1) is 15.6. The average molecular weight is 332 g/mol. The van der Waals surface area contributed by atoms with Crippen molar-refractivity contribution in [2.45, 2.75) is 26.8 Å². The van der Waals surface area contributed by atoms with Gasteiger partial charge in [-0.05, 0) is 49.2 Å². The Morgan fingerprint density at radius 1 is 1.24 bits per heavy atom. The minimum atomic E-state index is -0.322. The van der Waals surface area contributed by atoms with E-state index in [1.807, 2.05) is 19.1 Å². The lowest BCUT2D eigenvalue weighted by atomic mass is 10.00. The number of aliphatic imine (C=N–C) groups is 1. The predicted molar refractivity (Wildman–Crippen MR) is 100 cm³/mol. The normalized spacial score (nSPS) is 13.0. The number of para-hydroxylation sites is 1. The summed E-state index contributed by atoms with van der Waals surface area (Å²) in [5.74, 6) is -0.322. The van der Waals surface area contributed by atoms with Crippen LogP contribution in [0.1, 0.15) is 34.1 Å². The number of aromatic nitrogens is 1. The molecule has 1 aliphatic heterocycles. The number of aryl methyl sites for hydroxylation is 2. The fourth-order valence-electron chi connectivity index (χ4n) is 3.65. The van der Waals surface area contributed by atoms with Crippen LogP contribution < -0.4 is 0 Å². The summed E-state index contributed by atoms with van der Waals surface area (Å²) in [6.45, 7) is 5.07. The molecule has 25 heavy (non-hydrogen) atoms. The molecule has 126 valence electrons. The van der Waals surface area contributed by atoms with Gasteiger partial charge in [-0.3, -0.25) is 4.99 Å². The molecule has 1 aromatic heterocycles. The molecule has 0 N–H and O–H groups in total. The molecule has 1 aliphatic rings. The van der Waals surface area contributed by atoms with E-state index in [9.17, 15) is 4.79 Å². The highest BCUT2D eigenvalue weighted by Gasteiger charge is 2.23. The third-order valence-corrected chi connectivity index (χ3v) is 4.89. The van der Waals surface area contributed by atoms with Crippen LogP contribution in [0.5, 0.6) is 0 Å². The minimum absolute atomic E-state index is 0.322. The SMILES string of the molecule is CCn1c(C2=Nc3cc(C(=O)OC)cc(C)c3C2)cc2ccccc21. The van der Waals surface area contributed by atoms with Gasteiger partial charge in [0.15, 0.2) is 0 Å². The van der Waals surface area contributed by atoms with Crippen molar-refractivity contribution in [2.24, 2.45) is 4.99 Å². The number of carbonyl (C=O) groups excluding carboxylic acids is 1. The van der Waals surface area contributed by atoms with Gasteiger partial charge in [0, 0.05) is 23.9 Å². The highest BCUT2D eigenvalue weighted by atomic mass is 16.5. The first-order valence-corrected chi connectivity index (χ1v) is 8.50.